The van der Waals surface area contributed by atoms with Crippen LogP contribution in [0.5, 0.6) is 0 Å². The highest BCUT2D eigenvalue weighted by molar-refractivity contribution is 9.08. The number of halogens is 1. The van der Waals surface area contributed by atoms with Crippen molar-refractivity contribution in [2.75, 3.05) is 0 Å². The molecule has 1 aromatic heterocycles. The fraction of sp³-hybridized carbons (Fsp3) is 0.0667. The normalized spacial score (nSPS) is 10.6. The molecule has 3 nitrogen and oxygen atoms in total. The summed E-state index contributed by atoms with van der Waals surface area (Å²) in [6.45, 7) is 0. The Balaban J connectivity index is 1.92. The predicted octanol–water partition coefficient (Wildman–Crippen LogP) is 4.30. The fourth-order valence-corrected chi connectivity index (χ4v) is 2.15. The largest absolute Gasteiger partial charge is 0.416 e. The maximum Gasteiger partial charge on any atom is 0.248 e. The van der Waals surface area contributed by atoms with Crippen molar-refractivity contribution in [1.82, 2.24) is 10.2 Å². The topological polar surface area (TPSA) is 38.9 Å². The first-order valence-corrected chi connectivity index (χ1v) is 7.03. The van der Waals surface area contributed by atoms with Gasteiger partial charge < -0.3 is 4.42 Å². The highest BCUT2D eigenvalue weighted by Gasteiger charge is 2.09. The van der Waals surface area contributed by atoms with Crippen LogP contribution >= 0.6 is 15.9 Å². The van der Waals surface area contributed by atoms with E-state index in [0.29, 0.717) is 11.8 Å². The van der Waals surface area contributed by atoms with E-state index in [-0.39, 0.29) is 0 Å². The number of benzene rings is 2. The molecule has 3 aromatic rings. The van der Waals surface area contributed by atoms with Gasteiger partial charge >= 0.3 is 0 Å². The maximum absolute atomic E-state index is 5.70. The molecular formula is C15H11BrN2O. The summed E-state index contributed by atoms with van der Waals surface area (Å²) in [6.07, 6.45) is 0. The monoisotopic (exact) mass is 314 g/mol. The average molecular weight is 315 g/mol. The second kappa shape index (κ2) is 5.36. The van der Waals surface area contributed by atoms with Crippen molar-refractivity contribution >= 4 is 15.9 Å². The van der Waals surface area contributed by atoms with Crippen LogP contribution in [0.4, 0.5) is 0 Å². The molecule has 0 spiro atoms. The summed E-state index contributed by atoms with van der Waals surface area (Å²) in [6, 6.07) is 17.8. The highest BCUT2D eigenvalue weighted by Crippen LogP contribution is 2.24. The van der Waals surface area contributed by atoms with Crippen molar-refractivity contribution in [3.8, 4) is 22.9 Å². The number of hydrogen-bond donors (Lipinski definition) is 0. The number of alkyl halides is 1. The Labute approximate surface area is 119 Å². The predicted molar refractivity (Wildman–Crippen MR) is 77.8 cm³/mol. The molecule has 3 rings (SSSR count). The number of nitrogens with zero attached hydrogens (tertiary/aromatic N) is 2. The van der Waals surface area contributed by atoms with Gasteiger partial charge in [-0.2, -0.15) is 0 Å². The molecule has 19 heavy (non-hydrogen) atoms. The van der Waals surface area contributed by atoms with E-state index in [1.165, 1.54) is 5.56 Å². The number of rotatable bonds is 3. The third-order valence-electron chi connectivity index (χ3n) is 2.80. The van der Waals surface area contributed by atoms with E-state index in [4.69, 9.17) is 4.42 Å². The molecule has 0 N–H and O–H groups in total. The van der Waals surface area contributed by atoms with E-state index >= 15 is 0 Å². The summed E-state index contributed by atoms with van der Waals surface area (Å²) in [7, 11) is 0. The van der Waals surface area contributed by atoms with Crippen LogP contribution in [0.15, 0.2) is 59.0 Å². The summed E-state index contributed by atoms with van der Waals surface area (Å²) in [5.74, 6) is 1.08. The van der Waals surface area contributed by atoms with Gasteiger partial charge in [-0.05, 0) is 29.8 Å². The van der Waals surface area contributed by atoms with Crippen LogP contribution in [0.2, 0.25) is 0 Å². The second-order valence-electron chi connectivity index (χ2n) is 4.11. The van der Waals surface area contributed by atoms with Gasteiger partial charge in [-0.25, -0.2) is 0 Å². The lowest BCUT2D eigenvalue weighted by atomic mass is 10.1. The van der Waals surface area contributed by atoms with E-state index in [1.807, 2.05) is 54.6 Å². The highest BCUT2D eigenvalue weighted by atomic mass is 79.9. The Kier molecular flexibility index (Phi) is 3.42. The summed E-state index contributed by atoms with van der Waals surface area (Å²) in [5, 5.41) is 9.01. The Morgan fingerprint density at radius 3 is 1.95 bits per heavy atom. The Hall–Kier alpha value is -1.94. The summed E-state index contributed by atoms with van der Waals surface area (Å²) in [4.78, 5) is 0. The van der Waals surface area contributed by atoms with Gasteiger partial charge in [-0.1, -0.05) is 46.3 Å². The van der Waals surface area contributed by atoms with Crippen LogP contribution in [0, 0.1) is 0 Å². The van der Waals surface area contributed by atoms with Gasteiger partial charge in [-0.3, -0.25) is 0 Å². The molecule has 0 fully saturated rings. The van der Waals surface area contributed by atoms with Gasteiger partial charge in [0.25, 0.3) is 0 Å². The van der Waals surface area contributed by atoms with Crippen LogP contribution < -0.4 is 0 Å². The third kappa shape index (κ3) is 2.58. The molecule has 1 heterocycles. The van der Waals surface area contributed by atoms with Crippen molar-refractivity contribution in [3.63, 3.8) is 0 Å². The van der Waals surface area contributed by atoms with Crippen molar-refractivity contribution in [2.24, 2.45) is 0 Å². The fourth-order valence-electron chi connectivity index (χ4n) is 1.77. The minimum Gasteiger partial charge on any atom is -0.416 e. The van der Waals surface area contributed by atoms with Crippen molar-refractivity contribution in [3.05, 3.63) is 60.2 Å². The van der Waals surface area contributed by atoms with Crippen molar-refractivity contribution in [1.29, 1.82) is 0 Å². The minimum absolute atomic E-state index is 0.542. The molecule has 0 atom stereocenters. The van der Waals surface area contributed by atoms with Crippen LogP contribution in [0.25, 0.3) is 22.9 Å². The molecule has 0 saturated carbocycles. The molecule has 94 valence electrons. The average Bonchev–Trinajstić information content (AvgIpc) is 2.98. The van der Waals surface area contributed by atoms with Crippen molar-refractivity contribution in [2.45, 2.75) is 5.33 Å². The number of aromatic nitrogens is 2. The van der Waals surface area contributed by atoms with E-state index < -0.39 is 0 Å². The van der Waals surface area contributed by atoms with Crippen LogP contribution in [-0.4, -0.2) is 10.2 Å². The number of hydrogen-bond acceptors (Lipinski definition) is 3. The van der Waals surface area contributed by atoms with E-state index in [2.05, 4.69) is 26.1 Å². The first kappa shape index (κ1) is 12.1. The van der Waals surface area contributed by atoms with Gasteiger partial charge in [-0.15, -0.1) is 10.2 Å². The lowest BCUT2D eigenvalue weighted by Gasteiger charge is -1.97. The molecule has 0 amide bonds. The molecule has 0 aliphatic rings. The quantitative estimate of drug-likeness (QED) is 0.677. The van der Waals surface area contributed by atoms with Crippen molar-refractivity contribution < 1.29 is 4.42 Å². The van der Waals surface area contributed by atoms with Crippen LogP contribution in [0.3, 0.4) is 0 Å². The van der Waals surface area contributed by atoms with Gasteiger partial charge in [0.05, 0.1) is 0 Å². The molecule has 0 aliphatic carbocycles. The summed E-state index contributed by atoms with van der Waals surface area (Å²) < 4.78 is 5.70. The summed E-state index contributed by atoms with van der Waals surface area (Å²) in [5.41, 5.74) is 3.07. The summed E-state index contributed by atoms with van der Waals surface area (Å²) >= 11 is 3.42. The van der Waals surface area contributed by atoms with E-state index in [1.54, 1.807) is 0 Å². The lowest BCUT2D eigenvalue weighted by molar-refractivity contribution is 0.584. The molecule has 0 saturated heterocycles. The van der Waals surface area contributed by atoms with Gasteiger partial charge in [0, 0.05) is 16.5 Å². The SMILES string of the molecule is BrCc1ccc(-c2nnc(-c3ccccc3)o2)cc1. The Morgan fingerprint density at radius 2 is 1.37 bits per heavy atom. The lowest BCUT2D eigenvalue weighted by Crippen LogP contribution is -1.80. The van der Waals surface area contributed by atoms with E-state index in [9.17, 15) is 0 Å². The molecule has 0 bridgehead atoms. The third-order valence-corrected chi connectivity index (χ3v) is 3.45. The van der Waals surface area contributed by atoms with Gasteiger partial charge in [0.1, 0.15) is 0 Å². The minimum atomic E-state index is 0.542. The molecule has 0 unspecified atom stereocenters. The zero-order chi connectivity index (χ0) is 13.1. The first-order chi connectivity index (χ1) is 9.36. The van der Waals surface area contributed by atoms with Gasteiger partial charge in [0.2, 0.25) is 11.8 Å². The van der Waals surface area contributed by atoms with Crippen LogP contribution in [-0.2, 0) is 5.33 Å². The standard InChI is InChI=1S/C15H11BrN2O/c16-10-11-6-8-13(9-7-11)15-18-17-14(19-15)12-4-2-1-3-5-12/h1-9H,10H2. The smallest absolute Gasteiger partial charge is 0.248 e. The second-order valence-corrected chi connectivity index (χ2v) is 4.67. The first-order valence-electron chi connectivity index (χ1n) is 5.91. The Bertz CT molecular complexity index is 662. The zero-order valence-corrected chi connectivity index (χ0v) is 11.7. The van der Waals surface area contributed by atoms with Crippen LogP contribution in [0.1, 0.15) is 5.56 Å². The molecule has 4 heteroatoms. The van der Waals surface area contributed by atoms with E-state index in [0.717, 1.165) is 16.5 Å². The maximum atomic E-state index is 5.70. The Morgan fingerprint density at radius 1 is 0.789 bits per heavy atom. The zero-order valence-electron chi connectivity index (χ0n) is 10.1. The molecular weight excluding hydrogens is 304 g/mol. The molecule has 0 radical (unpaired) electrons. The molecule has 0 aliphatic heterocycles. The van der Waals surface area contributed by atoms with Gasteiger partial charge in [0.15, 0.2) is 0 Å². The molecule has 2 aromatic carbocycles.